The number of para-hydroxylation sites is 1. The van der Waals surface area contributed by atoms with E-state index in [1.807, 2.05) is 49.4 Å². The highest BCUT2D eigenvalue weighted by molar-refractivity contribution is 7.98. The molecule has 4 rings (SSSR count). The van der Waals surface area contributed by atoms with Crippen LogP contribution < -0.4 is 11.1 Å². The molecular weight excluding hydrogens is 410 g/mol. The topological polar surface area (TPSA) is 116 Å². The normalized spacial score (nSPS) is 11.9. The summed E-state index contributed by atoms with van der Waals surface area (Å²) >= 11 is 1.37. The Hall–Kier alpha value is -3.46. The van der Waals surface area contributed by atoms with Gasteiger partial charge < -0.3 is 15.5 Å². The van der Waals surface area contributed by atoms with Gasteiger partial charge in [-0.1, -0.05) is 67.2 Å². The molecule has 2 heterocycles. The van der Waals surface area contributed by atoms with Crippen LogP contribution in [0.25, 0.3) is 0 Å². The zero-order valence-electron chi connectivity index (χ0n) is 17.3. The van der Waals surface area contributed by atoms with Crippen molar-refractivity contribution >= 4 is 29.3 Å². The Bertz CT molecular complexity index is 1150. The quantitative estimate of drug-likeness (QED) is 0.387. The molecule has 0 bridgehead atoms. The Kier molecular flexibility index (Phi) is 6.42. The van der Waals surface area contributed by atoms with Gasteiger partial charge in [-0.2, -0.15) is 15.0 Å². The van der Waals surface area contributed by atoms with E-state index >= 15 is 0 Å². The molecule has 31 heavy (non-hydrogen) atoms. The average Bonchev–Trinajstić information content (AvgIpc) is 3.21. The van der Waals surface area contributed by atoms with Crippen LogP contribution in [0.2, 0.25) is 0 Å². The maximum atomic E-state index is 5.87. The van der Waals surface area contributed by atoms with Crippen molar-refractivity contribution in [3.63, 3.8) is 0 Å². The van der Waals surface area contributed by atoms with Crippen molar-refractivity contribution in [2.45, 2.75) is 37.2 Å². The van der Waals surface area contributed by atoms with Crippen LogP contribution in [0.15, 0.2) is 64.2 Å². The van der Waals surface area contributed by atoms with Crippen molar-refractivity contribution in [3.05, 3.63) is 77.4 Å². The summed E-state index contributed by atoms with van der Waals surface area (Å²) in [7, 11) is 0. The van der Waals surface area contributed by atoms with Crippen LogP contribution in [0.5, 0.6) is 0 Å². The predicted octanol–water partition coefficient (Wildman–Crippen LogP) is 4.53. The van der Waals surface area contributed by atoms with Gasteiger partial charge in [0.1, 0.15) is 5.82 Å². The summed E-state index contributed by atoms with van der Waals surface area (Å²) in [5, 5.41) is 12.0. The van der Waals surface area contributed by atoms with Crippen LogP contribution in [-0.2, 0) is 12.2 Å². The number of benzene rings is 2. The number of rotatable bonds is 8. The maximum Gasteiger partial charge on any atom is 0.277 e. The molecular formula is C22H23N7OS. The van der Waals surface area contributed by atoms with Crippen LogP contribution in [-0.4, -0.2) is 25.1 Å². The number of hydrogen-bond acceptors (Lipinski definition) is 9. The molecule has 0 aliphatic heterocycles. The third-order valence-electron chi connectivity index (χ3n) is 4.71. The lowest BCUT2D eigenvalue weighted by molar-refractivity contribution is 0.404. The van der Waals surface area contributed by atoms with Gasteiger partial charge in [-0.05, 0) is 30.0 Å². The Morgan fingerprint density at radius 1 is 1.00 bits per heavy atom. The number of nitrogens with zero attached hydrogens (tertiary/aromatic N) is 5. The van der Waals surface area contributed by atoms with E-state index in [-0.39, 0.29) is 11.9 Å². The minimum Gasteiger partial charge on any atom is -0.416 e. The third kappa shape index (κ3) is 5.58. The molecule has 158 valence electrons. The molecule has 2 aromatic heterocycles. The first kappa shape index (κ1) is 20.8. The molecule has 4 aromatic rings. The minimum absolute atomic E-state index is 0.157. The summed E-state index contributed by atoms with van der Waals surface area (Å²) in [4.78, 5) is 12.8. The molecule has 0 aliphatic carbocycles. The summed E-state index contributed by atoms with van der Waals surface area (Å²) in [5.41, 5.74) is 9.11. The molecule has 0 spiro atoms. The second-order valence-electron chi connectivity index (χ2n) is 7.14. The molecule has 2 aromatic carbocycles. The van der Waals surface area contributed by atoms with Crippen molar-refractivity contribution < 1.29 is 4.42 Å². The van der Waals surface area contributed by atoms with Crippen molar-refractivity contribution in [2.75, 3.05) is 11.1 Å². The van der Waals surface area contributed by atoms with Gasteiger partial charge in [0, 0.05) is 12.1 Å². The van der Waals surface area contributed by atoms with Gasteiger partial charge in [-0.15, -0.1) is 10.2 Å². The van der Waals surface area contributed by atoms with Gasteiger partial charge in [-0.25, -0.2) is 0 Å². The van der Waals surface area contributed by atoms with E-state index in [1.54, 1.807) is 0 Å². The first-order valence-electron chi connectivity index (χ1n) is 9.90. The Labute approximate surface area is 184 Å². The van der Waals surface area contributed by atoms with Gasteiger partial charge in [0.2, 0.25) is 17.8 Å². The molecule has 9 heteroatoms. The second kappa shape index (κ2) is 9.57. The van der Waals surface area contributed by atoms with Crippen LogP contribution in [0.3, 0.4) is 0 Å². The lowest BCUT2D eigenvalue weighted by Gasteiger charge is -2.09. The van der Waals surface area contributed by atoms with Gasteiger partial charge in [0.25, 0.3) is 5.22 Å². The molecule has 0 saturated carbocycles. The Balaban J connectivity index is 1.38. The number of nitrogens with two attached hydrogens (primary N) is 1. The van der Waals surface area contributed by atoms with Crippen molar-refractivity contribution in [1.82, 2.24) is 25.1 Å². The van der Waals surface area contributed by atoms with E-state index in [2.05, 4.69) is 49.5 Å². The van der Waals surface area contributed by atoms with E-state index in [4.69, 9.17) is 10.2 Å². The van der Waals surface area contributed by atoms with E-state index in [9.17, 15) is 0 Å². The maximum absolute atomic E-state index is 5.87. The summed E-state index contributed by atoms with van der Waals surface area (Å²) in [6.45, 7) is 4.15. The molecule has 8 nitrogen and oxygen atoms in total. The molecule has 0 fully saturated rings. The van der Waals surface area contributed by atoms with Gasteiger partial charge >= 0.3 is 0 Å². The van der Waals surface area contributed by atoms with Crippen LogP contribution in [0.4, 0.5) is 17.6 Å². The molecule has 0 radical (unpaired) electrons. The monoisotopic (exact) mass is 433 g/mol. The zero-order valence-corrected chi connectivity index (χ0v) is 18.1. The lowest BCUT2D eigenvalue weighted by Crippen LogP contribution is -2.07. The van der Waals surface area contributed by atoms with Crippen LogP contribution >= 0.6 is 11.8 Å². The highest BCUT2D eigenvalue weighted by atomic mass is 32.2. The summed E-state index contributed by atoms with van der Waals surface area (Å²) in [6, 6.07) is 18.2. The number of nitrogen functional groups attached to an aromatic ring is 1. The molecule has 1 unspecified atom stereocenters. The van der Waals surface area contributed by atoms with E-state index in [1.165, 1.54) is 17.3 Å². The lowest BCUT2D eigenvalue weighted by atomic mass is 9.98. The second-order valence-corrected chi connectivity index (χ2v) is 8.07. The Morgan fingerprint density at radius 2 is 1.77 bits per heavy atom. The number of hydrogen-bond donors (Lipinski definition) is 2. The number of aromatic nitrogens is 5. The SMILES string of the molecule is Cc1ccccc1Nc1nc(N)nc(CSc2nnc(CC(C)c3ccccc3)o2)n1. The van der Waals surface area contributed by atoms with Gasteiger partial charge in [0.15, 0.2) is 0 Å². The summed E-state index contributed by atoms with van der Waals surface area (Å²) in [5.74, 6) is 2.43. The number of nitrogens with one attached hydrogen (secondary N) is 1. The number of thioether (sulfide) groups is 1. The minimum atomic E-state index is 0.157. The Morgan fingerprint density at radius 3 is 2.58 bits per heavy atom. The largest absolute Gasteiger partial charge is 0.416 e. The highest BCUT2D eigenvalue weighted by Gasteiger charge is 2.14. The predicted molar refractivity (Wildman–Crippen MR) is 121 cm³/mol. The highest BCUT2D eigenvalue weighted by Crippen LogP contribution is 2.25. The summed E-state index contributed by atoms with van der Waals surface area (Å²) < 4.78 is 5.79. The smallest absolute Gasteiger partial charge is 0.277 e. The van der Waals surface area contributed by atoms with Crippen LogP contribution in [0.1, 0.15) is 35.7 Å². The van der Waals surface area contributed by atoms with Crippen LogP contribution in [0, 0.1) is 6.92 Å². The molecule has 0 saturated heterocycles. The number of anilines is 3. The molecule has 3 N–H and O–H groups in total. The average molecular weight is 434 g/mol. The van der Waals surface area contributed by atoms with Crippen molar-refractivity contribution in [2.24, 2.45) is 0 Å². The first-order chi connectivity index (χ1) is 15.1. The van der Waals surface area contributed by atoms with Gasteiger partial charge in [-0.3, -0.25) is 0 Å². The van der Waals surface area contributed by atoms with E-state index in [0.717, 1.165) is 11.3 Å². The first-order valence-corrected chi connectivity index (χ1v) is 10.9. The van der Waals surface area contributed by atoms with E-state index in [0.29, 0.717) is 35.1 Å². The zero-order chi connectivity index (χ0) is 21.6. The third-order valence-corrected chi connectivity index (χ3v) is 5.53. The fourth-order valence-electron chi connectivity index (χ4n) is 3.06. The van der Waals surface area contributed by atoms with Crippen molar-refractivity contribution in [3.8, 4) is 0 Å². The summed E-state index contributed by atoms with van der Waals surface area (Å²) in [6.07, 6.45) is 0.681. The van der Waals surface area contributed by atoms with Crippen molar-refractivity contribution in [1.29, 1.82) is 0 Å². The van der Waals surface area contributed by atoms with Gasteiger partial charge in [0.05, 0.1) is 5.75 Å². The molecule has 0 aliphatic rings. The molecule has 0 amide bonds. The number of aryl methyl sites for hydroxylation is 1. The fraction of sp³-hybridized carbons (Fsp3) is 0.227. The van der Waals surface area contributed by atoms with E-state index < -0.39 is 0 Å². The standard InChI is InChI=1S/C22H23N7OS/c1-14-8-6-7-11-17(14)24-21-26-18(25-20(23)27-21)13-31-22-29-28-19(30-22)12-15(2)16-9-4-3-5-10-16/h3-11,15H,12-13H2,1-2H3,(H3,23,24,25,26,27). The fourth-order valence-corrected chi connectivity index (χ4v) is 3.69. The molecule has 1 atom stereocenters.